The van der Waals surface area contributed by atoms with Gasteiger partial charge in [-0.2, -0.15) is 0 Å². The fourth-order valence-electron chi connectivity index (χ4n) is 1.85. The van der Waals surface area contributed by atoms with E-state index in [1.54, 1.807) is 28.8 Å². The zero-order chi connectivity index (χ0) is 11.0. The van der Waals surface area contributed by atoms with Crippen molar-refractivity contribution >= 4 is 23.5 Å². The van der Waals surface area contributed by atoms with Gasteiger partial charge in [0.25, 0.3) is 0 Å². The molecule has 0 aromatic carbocycles. The van der Waals surface area contributed by atoms with Crippen LogP contribution in [-0.4, -0.2) is 22.0 Å². The minimum absolute atomic E-state index is 0.123. The average Bonchev–Trinajstić information content (AvgIpc) is 2.52. The number of nitrogens with zero attached hydrogens (tertiary/aromatic N) is 1. The van der Waals surface area contributed by atoms with E-state index in [0.29, 0.717) is 12.8 Å². The van der Waals surface area contributed by atoms with Crippen LogP contribution in [0.25, 0.3) is 0 Å². The van der Waals surface area contributed by atoms with Gasteiger partial charge in [0.15, 0.2) is 5.78 Å². The minimum atomic E-state index is 0.123. The lowest BCUT2D eigenvalue weighted by molar-refractivity contribution is -0.129. The summed E-state index contributed by atoms with van der Waals surface area (Å²) in [6.07, 6.45) is 4.29. The number of carbonyl (C=O) groups excluding carboxylic acids is 2. The highest BCUT2D eigenvalue weighted by Gasteiger charge is 2.33. The first-order valence-corrected chi connectivity index (χ1v) is 5.94. The smallest absolute Gasteiger partial charge is 0.227 e. The summed E-state index contributed by atoms with van der Waals surface area (Å²) in [7, 11) is 0. The van der Waals surface area contributed by atoms with E-state index in [1.165, 1.54) is 0 Å². The molecule has 0 bridgehead atoms. The van der Waals surface area contributed by atoms with Gasteiger partial charge in [0.1, 0.15) is 0 Å². The summed E-state index contributed by atoms with van der Waals surface area (Å²) in [5.41, 5.74) is 0.930. The molecule has 4 heteroatoms. The number of hydrogen-bond acceptors (Lipinski definition) is 3. The lowest BCUT2D eigenvalue weighted by Gasteiger charge is -2.22. The van der Waals surface area contributed by atoms with Crippen molar-refractivity contribution in [3.63, 3.8) is 0 Å². The van der Waals surface area contributed by atoms with Crippen molar-refractivity contribution < 1.29 is 9.59 Å². The number of carbonyl (C=O) groups is 2. The van der Waals surface area contributed by atoms with Crippen LogP contribution in [0.5, 0.6) is 0 Å². The summed E-state index contributed by atoms with van der Waals surface area (Å²) in [5.74, 6) is 0.248. The van der Waals surface area contributed by atoms with E-state index in [2.05, 4.69) is 0 Å². The Balaban J connectivity index is 2.30. The van der Waals surface area contributed by atoms with Gasteiger partial charge in [-0.3, -0.25) is 14.5 Å². The number of hydrogen-bond donors (Lipinski definition) is 0. The number of thioether (sulfide) groups is 1. The molecule has 80 valence electrons. The van der Waals surface area contributed by atoms with Crippen molar-refractivity contribution in [2.75, 3.05) is 0 Å². The maximum absolute atomic E-state index is 11.7. The SMILES string of the molecule is CCC(=O)N1C2=C(CC(=O)C=C2)SC1C. The monoisotopic (exact) mass is 223 g/mol. The van der Waals surface area contributed by atoms with Gasteiger partial charge in [-0.1, -0.05) is 6.92 Å². The van der Waals surface area contributed by atoms with Crippen LogP contribution in [0.15, 0.2) is 22.8 Å². The maximum atomic E-state index is 11.7. The largest absolute Gasteiger partial charge is 0.299 e. The molecule has 0 aromatic rings. The van der Waals surface area contributed by atoms with E-state index in [9.17, 15) is 9.59 Å². The van der Waals surface area contributed by atoms with Crippen LogP contribution < -0.4 is 0 Å². The van der Waals surface area contributed by atoms with E-state index in [0.717, 1.165) is 10.6 Å². The Morgan fingerprint density at radius 3 is 3.00 bits per heavy atom. The molecule has 2 aliphatic rings. The summed E-state index contributed by atoms with van der Waals surface area (Å²) >= 11 is 1.62. The Kier molecular flexibility index (Phi) is 2.69. The van der Waals surface area contributed by atoms with Gasteiger partial charge in [0.05, 0.1) is 11.1 Å². The Labute approximate surface area is 93.2 Å². The molecule has 0 fully saturated rings. The second-order valence-electron chi connectivity index (χ2n) is 3.62. The van der Waals surface area contributed by atoms with Crippen molar-refractivity contribution in [1.82, 2.24) is 4.90 Å². The van der Waals surface area contributed by atoms with Crippen LogP contribution in [0, 0.1) is 0 Å². The van der Waals surface area contributed by atoms with Crippen molar-refractivity contribution in [1.29, 1.82) is 0 Å². The third kappa shape index (κ3) is 1.74. The highest BCUT2D eigenvalue weighted by atomic mass is 32.2. The summed E-state index contributed by atoms with van der Waals surface area (Å²) < 4.78 is 0. The molecule has 0 saturated carbocycles. The van der Waals surface area contributed by atoms with Crippen LogP contribution in [0.4, 0.5) is 0 Å². The zero-order valence-electron chi connectivity index (χ0n) is 8.82. The van der Waals surface area contributed by atoms with E-state index >= 15 is 0 Å². The normalized spacial score (nSPS) is 24.8. The first-order valence-electron chi connectivity index (χ1n) is 5.06. The average molecular weight is 223 g/mol. The van der Waals surface area contributed by atoms with Gasteiger partial charge in [0, 0.05) is 17.7 Å². The van der Waals surface area contributed by atoms with Gasteiger partial charge in [-0.15, -0.1) is 11.8 Å². The summed E-state index contributed by atoms with van der Waals surface area (Å²) in [5, 5.41) is 0.123. The summed E-state index contributed by atoms with van der Waals surface area (Å²) in [4.78, 5) is 25.8. The molecule has 0 aromatic heterocycles. The molecule has 0 N–H and O–H groups in total. The Hall–Kier alpha value is -1.03. The highest BCUT2D eigenvalue weighted by Crippen LogP contribution is 2.42. The van der Waals surface area contributed by atoms with Crippen molar-refractivity contribution in [3.8, 4) is 0 Å². The third-order valence-corrected chi connectivity index (χ3v) is 3.74. The van der Waals surface area contributed by atoms with Gasteiger partial charge >= 0.3 is 0 Å². The molecule has 0 saturated heterocycles. The van der Waals surface area contributed by atoms with Gasteiger partial charge in [0.2, 0.25) is 5.91 Å². The fourth-order valence-corrected chi connectivity index (χ4v) is 3.11. The van der Waals surface area contributed by atoms with Crippen molar-refractivity contribution in [2.24, 2.45) is 0 Å². The van der Waals surface area contributed by atoms with Crippen LogP contribution in [0.1, 0.15) is 26.7 Å². The summed E-state index contributed by atoms with van der Waals surface area (Å²) in [6.45, 7) is 3.85. The standard InChI is InChI=1S/C11H13NO2S/c1-3-11(14)12-7(2)15-10-6-8(13)4-5-9(10)12/h4-5,7H,3,6H2,1-2H3. The lowest BCUT2D eigenvalue weighted by Crippen LogP contribution is -2.32. The Bertz CT molecular complexity index is 384. The number of allylic oxidation sites excluding steroid dienone is 3. The number of ketones is 1. The second-order valence-corrected chi connectivity index (χ2v) is 5.03. The predicted octanol–water partition coefficient (Wildman–Crippen LogP) is 2.06. The number of rotatable bonds is 1. The molecule has 2 rings (SSSR count). The molecule has 1 unspecified atom stereocenters. The highest BCUT2D eigenvalue weighted by molar-refractivity contribution is 8.03. The first kappa shape index (κ1) is 10.5. The first-order chi connectivity index (χ1) is 7.13. The molecular formula is C11H13NO2S. The Morgan fingerprint density at radius 2 is 2.33 bits per heavy atom. The van der Waals surface area contributed by atoms with Gasteiger partial charge in [-0.05, 0) is 19.1 Å². The Morgan fingerprint density at radius 1 is 1.60 bits per heavy atom. The van der Waals surface area contributed by atoms with E-state index in [-0.39, 0.29) is 17.1 Å². The maximum Gasteiger partial charge on any atom is 0.227 e. The summed E-state index contributed by atoms with van der Waals surface area (Å²) in [6, 6.07) is 0. The zero-order valence-corrected chi connectivity index (χ0v) is 9.63. The lowest BCUT2D eigenvalue weighted by atomic mass is 10.1. The molecule has 0 radical (unpaired) electrons. The number of amides is 1. The topological polar surface area (TPSA) is 37.4 Å². The quantitative estimate of drug-likeness (QED) is 0.683. The minimum Gasteiger partial charge on any atom is -0.299 e. The van der Waals surface area contributed by atoms with Crippen LogP contribution in [-0.2, 0) is 9.59 Å². The van der Waals surface area contributed by atoms with Gasteiger partial charge < -0.3 is 0 Å². The molecule has 1 amide bonds. The molecule has 3 nitrogen and oxygen atoms in total. The molecule has 1 aliphatic heterocycles. The van der Waals surface area contributed by atoms with E-state index in [4.69, 9.17) is 0 Å². The second kappa shape index (κ2) is 3.85. The van der Waals surface area contributed by atoms with Crippen LogP contribution >= 0.6 is 11.8 Å². The molecule has 1 heterocycles. The molecular weight excluding hydrogens is 210 g/mol. The molecule has 0 spiro atoms. The molecule has 15 heavy (non-hydrogen) atoms. The van der Waals surface area contributed by atoms with Crippen LogP contribution in [0.2, 0.25) is 0 Å². The van der Waals surface area contributed by atoms with E-state index < -0.39 is 0 Å². The van der Waals surface area contributed by atoms with E-state index in [1.807, 2.05) is 13.8 Å². The fraction of sp³-hybridized carbons (Fsp3) is 0.455. The third-order valence-electron chi connectivity index (χ3n) is 2.55. The molecule has 1 aliphatic carbocycles. The predicted molar refractivity (Wildman–Crippen MR) is 60.0 cm³/mol. The van der Waals surface area contributed by atoms with Crippen LogP contribution in [0.3, 0.4) is 0 Å². The molecule has 1 atom stereocenters. The van der Waals surface area contributed by atoms with Crippen molar-refractivity contribution in [2.45, 2.75) is 32.1 Å². The van der Waals surface area contributed by atoms with Gasteiger partial charge in [-0.25, -0.2) is 0 Å². The van der Waals surface area contributed by atoms with Crippen molar-refractivity contribution in [3.05, 3.63) is 22.8 Å².